The summed E-state index contributed by atoms with van der Waals surface area (Å²) in [6.45, 7) is 11.3. The molecule has 112 valence electrons. The van der Waals surface area contributed by atoms with E-state index in [4.69, 9.17) is 0 Å². The van der Waals surface area contributed by atoms with Crippen LogP contribution in [0.2, 0.25) is 0 Å². The smallest absolute Gasteiger partial charge is 0.0396 e. The van der Waals surface area contributed by atoms with Gasteiger partial charge in [-0.05, 0) is 55.8 Å². The van der Waals surface area contributed by atoms with Crippen molar-refractivity contribution in [2.75, 3.05) is 24.5 Å². The molecule has 0 amide bonds. The molecule has 1 aromatic rings. The topological polar surface area (TPSA) is 15.3 Å². The van der Waals surface area contributed by atoms with Gasteiger partial charge in [-0.15, -0.1) is 0 Å². The molecule has 0 bridgehead atoms. The van der Waals surface area contributed by atoms with Gasteiger partial charge in [-0.1, -0.05) is 32.4 Å². The molecule has 0 atom stereocenters. The van der Waals surface area contributed by atoms with E-state index in [2.05, 4.69) is 49.2 Å². The summed E-state index contributed by atoms with van der Waals surface area (Å²) in [6.07, 6.45) is 5.25. The lowest BCUT2D eigenvalue weighted by molar-refractivity contribution is 0.395. The average Bonchev–Trinajstić information content (AvgIpc) is 2.48. The fraction of sp³-hybridized carbons (Fsp3) is 0.667. The zero-order chi connectivity index (χ0) is 14.4. The fourth-order valence-electron chi connectivity index (χ4n) is 3.17. The molecular formula is C18H30N2. The van der Waals surface area contributed by atoms with Crippen molar-refractivity contribution in [2.24, 2.45) is 5.92 Å². The van der Waals surface area contributed by atoms with Gasteiger partial charge in [-0.2, -0.15) is 0 Å². The minimum Gasteiger partial charge on any atom is -0.371 e. The van der Waals surface area contributed by atoms with Crippen LogP contribution < -0.4 is 10.2 Å². The van der Waals surface area contributed by atoms with Crippen molar-refractivity contribution in [1.29, 1.82) is 0 Å². The SMILES string of the molecule is CCCNCc1ccc(N2CCC(CC)CC2)c(C)c1. The summed E-state index contributed by atoms with van der Waals surface area (Å²) < 4.78 is 0. The molecule has 2 heteroatoms. The predicted octanol–water partition coefficient (Wildman–Crippen LogP) is 4.12. The normalized spacial score (nSPS) is 16.6. The first-order chi connectivity index (χ1) is 9.74. The van der Waals surface area contributed by atoms with Crippen molar-refractivity contribution in [1.82, 2.24) is 5.32 Å². The molecule has 2 nitrogen and oxygen atoms in total. The molecular weight excluding hydrogens is 244 g/mol. The summed E-state index contributed by atoms with van der Waals surface area (Å²) in [4.78, 5) is 2.57. The molecule has 0 aliphatic carbocycles. The second-order valence-corrected chi connectivity index (χ2v) is 6.14. The Morgan fingerprint density at radius 1 is 1.20 bits per heavy atom. The summed E-state index contributed by atoms with van der Waals surface area (Å²) >= 11 is 0. The summed E-state index contributed by atoms with van der Waals surface area (Å²) in [5.41, 5.74) is 4.28. The number of hydrogen-bond donors (Lipinski definition) is 1. The Kier molecular flexibility index (Phi) is 5.90. The minimum absolute atomic E-state index is 0.948. The van der Waals surface area contributed by atoms with Crippen molar-refractivity contribution in [3.63, 3.8) is 0 Å². The molecule has 0 saturated carbocycles. The van der Waals surface area contributed by atoms with Crippen LogP contribution in [0.25, 0.3) is 0 Å². The second kappa shape index (κ2) is 7.68. The van der Waals surface area contributed by atoms with Crippen LogP contribution in [0.3, 0.4) is 0 Å². The van der Waals surface area contributed by atoms with Crippen LogP contribution in [-0.4, -0.2) is 19.6 Å². The molecule has 1 N–H and O–H groups in total. The number of nitrogens with zero attached hydrogens (tertiary/aromatic N) is 1. The molecule has 0 radical (unpaired) electrons. The van der Waals surface area contributed by atoms with E-state index in [-0.39, 0.29) is 0 Å². The molecule has 1 aliphatic heterocycles. The first-order valence-electron chi connectivity index (χ1n) is 8.29. The van der Waals surface area contributed by atoms with E-state index in [9.17, 15) is 0 Å². The Morgan fingerprint density at radius 2 is 1.95 bits per heavy atom. The third kappa shape index (κ3) is 3.99. The van der Waals surface area contributed by atoms with Crippen LogP contribution >= 0.6 is 0 Å². The zero-order valence-electron chi connectivity index (χ0n) is 13.4. The average molecular weight is 274 g/mol. The number of nitrogens with one attached hydrogen (secondary N) is 1. The molecule has 0 unspecified atom stereocenters. The molecule has 1 aliphatic rings. The lowest BCUT2D eigenvalue weighted by atomic mass is 9.93. The summed E-state index contributed by atoms with van der Waals surface area (Å²) in [7, 11) is 0. The molecule has 0 aromatic heterocycles. The van der Waals surface area contributed by atoms with Crippen LogP contribution in [0.1, 0.15) is 50.7 Å². The minimum atomic E-state index is 0.948. The van der Waals surface area contributed by atoms with E-state index in [1.54, 1.807) is 0 Å². The Labute approximate surface area is 124 Å². The maximum atomic E-state index is 3.48. The lowest BCUT2D eigenvalue weighted by Gasteiger charge is -2.34. The quantitative estimate of drug-likeness (QED) is 0.785. The van der Waals surface area contributed by atoms with Crippen molar-refractivity contribution in [3.05, 3.63) is 29.3 Å². The van der Waals surface area contributed by atoms with Gasteiger partial charge in [0, 0.05) is 25.3 Å². The van der Waals surface area contributed by atoms with Gasteiger partial charge < -0.3 is 10.2 Å². The second-order valence-electron chi connectivity index (χ2n) is 6.14. The summed E-state index contributed by atoms with van der Waals surface area (Å²) in [6, 6.07) is 6.96. The van der Waals surface area contributed by atoms with E-state index in [1.165, 1.54) is 55.6 Å². The number of hydrogen-bond acceptors (Lipinski definition) is 2. The first-order valence-corrected chi connectivity index (χ1v) is 8.29. The van der Waals surface area contributed by atoms with E-state index < -0.39 is 0 Å². The van der Waals surface area contributed by atoms with Gasteiger partial charge in [0.2, 0.25) is 0 Å². The van der Waals surface area contributed by atoms with Crippen molar-refractivity contribution >= 4 is 5.69 Å². The number of aryl methyl sites for hydroxylation is 1. The fourth-order valence-corrected chi connectivity index (χ4v) is 3.17. The third-order valence-corrected chi connectivity index (χ3v) is 4.55. The third-order valence-electron chi connectivity index (χ3n) is 4.55. The van der Waals surface area contributed by atoms with Crippen molar-refractivity contribution in [2.45, 2.75) is 53.0 Å². The van der Waals surface area contributed by atoms with Gasteiger partial charge >= 0.3 is 0 Å². The highest BCUT2D eigenvalue weighted by atomic mass is 15.1. The van der Waals surface area contributed by atoms with E-state index >= 15 is 0 Å². The molecule has 0 spiro atoms. The largest absolute Gasteiger partial charge is 0.371 e. The standard InChI is InChI=1S/C18H30N2/c1-4-10-19-14-17-6-7-18(15(3)13-17)20-11-8-16(5-2)9-12-20/h6-7,13,16,19H,4-5,8-12,14H2,1-3H3. The van der Waals surface area contributed by atoms with Gasteiger partial charge in [-0.3, -0.25) is 0 Å². The molecule has 1 saturated heterocycles. The van der Waals surface area contributed by atoms with Crippen LogP contribution in [0.5, 0.6) is 0 Å². The molecule has 1 fully saturated rings. The number of benzene rings is 1. The van der Waals surface area contributed by atoms with Crippen LogP contribution in [0.15, 0.2) is 18.2 Å². The summed E-state index contributed by atoms with van der Waals surface area (Å²) in [5.74, 6) is 0.948. The zero-order valence-corrected chi connectivity index (χ0v) is 13.4. The van der Waals surface area contributed by atoms with Crippen LogP contribution in [0.4, 0.5) is 5.69 Å². The van der Waals surface area contributed by atoms with E-state index in [1.807, 2.05) is 0 Å². The van der Waals surface area contributed by atoms with E-state index in [0.29, 0.717) is 0 Å². The lowest BCUT2D eigenvalue weighted by Crippen LogP contribution is -2.33. The van der Waals surface area contributed by atoms with Crippen LogP contribution in [-0.2, 0) is 6.54 Å². The molecule has 2 rings (SSSR count). The van der Waals surface area contributed by atoms with Crippen molar-refractivity contribution < 1.29 is 0 Å². The monoisotopic (exact) mass is 274 g/mol. The summed E-state index contributed by atoms with van der Waals surface area (Å²) in [5, 5.41) is 3.48. The Bertz CT molecular complexity index is 406. The molecule has 20 heavy (non-hydrogen) atoms. The maximum absolute atomic E-state index is 3.48. The molecule has 1 heterocycles. The molecule has 1 aromatic carbocycles. The van der Waals surface area contributed by atoms with Crippen LogP contribution in [0, 0.1) is 12.8 Å². The first kappa shape index (κ1) is 15.4. The predicted molar refractivity (Wildman–Crippen MR) is 88.4 cm³/mol. The van der Waals surface area contributed by atoms with Gasteiger partial charge in [0.15, 0.2) is 0 Å². The highest BCUT2D eigenvalue weighted by molar-refractivity contribution is 5.54. The number of anilines is 1. The maximum Gasteiger partial charge on any atom is 0.0396 e. The Morgan fingerprint density at radius 3 is 2.55 bits per heavy atom. The number of piperidine rings is 1. The van der Waals surface area contributed by atoms with Gasteiger partial charge in [0.05, 0.1) is 0 Å². The Balaban J connectivity index is 1.95. The van der Waals surface area contributed by atoms with Gasteiger partial charge in [0.1, 0.15) is 0 Å². The number of rotatable bonds is 6. The highest BCUT2D eigenvalue weighted by Crippen LogP contribution is 2.27. The Hall–Kier alpha value is -1.02. The van der Waals surface area contributed by atoms with E-state index in [0.717, 1.165) is 19.0 Å². The van der Waals surface area contributed by atoms with Crippen molar-refractivity contribution in [3.8, 4) is 0 Å². The highest BCUT2D eigenvalue weighted by Gasteiger charge is 2.19. The van der Waals surface area contributed by atoms with Gasteiger partial charge in [0.25, 0.3) is 0 Å². The van der Waals surface area contributed by atoms with Gasteiger partial charge in [-0.25, -0.2) is 0 Å².